The van der Waals surface area contributed by atoms with E-state index in [9.17, 15) is 0 Å². The fraction of sp³-hybridized carbons (Fsp3) is 1.00. The van der Waals surface area contributed by atoms with Crippen LogP contribution in [0.4, 0.5) is 0 Å². The van der Waals surface area contributed by atoms with Gasteiger partial charge in [0.15, 0.2) is 0 Å². The summed E-state index contributed by atoms with van der Waals surface area (Å²) in [5.41, 5.74) is 0. The Balaban J connectivity index is 2.22. The first-order chi connectivity index (χ1) is 5.88. The molecule has 12 heavy (non-hydrogen) atoms. The summed E-state index contributed by atoms with van der Waals surface area (Å²) in [4.78, 5) is 0. The second-order valence-electron chi connectivity index (χ2n) is 4.10. The topological polar surface area (TPSA) is 0 Å². The summed E-state index contributed by atoms with van der Waals surface area (Å²) in [5, 5.41) is 1.23. The van der Waals surface area contributed by atoms with Gasteiger partial charge in [0.1, 0.15) is 0 Å². The van der Waals surface area contributed by atoms with Crippen molar-refractivity contribution < 1.29 is 0 Å². The first kappa shape index (κ1) is 10.6. The van der Waals surface area contributed by atoms with Crippen LogP contribution in [0.1, 0.15) is 51.9 Å². The zero-order valence-electron chi connectivity index (χ0n) is 8.19. The molecule has 0 saturated heterocycles. The molecule has 72 valence electrons. The van der Waals surface area contributed by atoms with Crippen LogP contribution in [0, 0.1) is 11.8 Å². The average Bonchev–Trinajstić information content (AvgIpc) is 2.59. The summed E-state index contributed by atoms with van der Waals surface area (Å²) in [7, 11) is 0. The third-order valence-corrected chi connectivity index (χ3v) is 4.02. The predicted molar refractivity (Wildman–Crippen MR) is 58.8 cm³/mol. The van der Waals surface area contributed by atoms with E-state index in [1.165, 1.54) is 50.3 Å². The molecule has 0 spiro atoms. The van der Waals surface area contributed by atoms with E-state index < -0.39 is 0 Å². The Morgan fingerprint density at radius 3 is 2.50 bits per heavy atom. The average molecular weight is 233 g/mol. The molecule has 1 atom stereocenters. The Bertz CT molecular complexity index is 106. The molecule has 1 unspecified atom stereocenters. The molecule has 0 aromatic rings. The minimum atomic E-state index is 0.979. The highest BCUT2D eigenvalue weighted by Gasteiger charge is 2.23. The SMILES string of the molecule is CCCCC(CBr)C1CCCC1. The molecule has 0 N–H and O–H groups in total. The fourth-order valence-corrected chi connectivity index (χ4v) is 3.19. The van der Waals surface area contributed by atoms with E-state index in [1.54, 1.807) is 0 Å². The van der Waals surface area contributed by atoms with Gasteiger partial charge in [-0.2, -0.15) is 0 Å². The molecule has 1 rings (SSSR count). The van der Waals surface area contributed by atoms with Gasteiger partial charge in [0, 0.05) is 5.33 Å². The summed E-state index contributed by atoms with van der Waals surface area (Å²) in [5.74, 6) is 2.03. The molecule has 1 aliphatic rings. The van der Waals surface area contributed by atoms with Crippen molar-refractivity contribution in [1.82, 2.24) is 0 Å². The van der Waals surface area contributed by atoms with Crippen molar-refractivity contribution in [2.75, 3.05) is 5.33 Å². The number of alkyl halides is 1. The zero-order valence-corrected chi connectivity index (χ0v) is 9.78. The summed E-state index contributed by atoms with van der Waals surface area (Å²) in [6, 6.07) is 0. The van der Waals surface area contributed by atoms with Crippen molar-refractivity contribution >= 4 is 15.9 Å². The Morgan fingerprint density at radius 1 is 1.33 bits per heavy atom. The molecular formula is C11H21Br. The van der Waals surface area contributed by atoms with E-state index in [0.717, 1.165) is 11.8 Å². The van der Waals surface area contributed by atoms with Crippen molar-refractivity contribution in [1.29, 1.82) is 0 Å². The minimum absolute atomic E-state index is 0.979. The van der Waals surface area contributed by atoms with E-state index in [2.05, 4.69) is 22.9 Å². The molecule has 1 fully saturated rings. The van der Waals surface area contributed by atoms with E-state index in [-0.39, 0.29) is 0 Å². The van der Waals surface area contributed by atoms with Crippen LogP contribution >= 0.6 is 15.9 Å². The maximum absolute atomic E-state index is 3.66. The number of rotatable bonds is 5. The molecule has 1 saturated carbocycles. The standard InChI is InChI=1S/C11H21Br/c1-2-3-6-11(9-12)10-7-4-5-8-10/h10-11H,2-9H2,1H3. The second-order valence-corrected chi connectivity index (χ2v) is 4.75. The number of halogens is 1. The predicted octanol–water partition coefficient (Wildman–Crippen LogP) is 4.38. The second kappa shape index (κ2) is 6.01. The maximum atomic E-state index is 3.66. The van der Waals surface area contributed by atoms with Gasteiger partial charge in [-0.1, -0.05) is 61.4 Å². The summed E-state index contributed by atoms with van der Waals surface area (Å²) in [6.45, 7) is 2.29. The van der Waals surface area contributed by atoms with Gasteiger partial charge in [-0.15, -0.1) is 0 Å². The van der Waals surface area contributed by atoms with Crippen LogP contribution in [0.3, 0.4) is 0 Å². The van der Waals surface area contributed by atoms with Crippen molar-refractivity contribution in [3.05, 3.63) is 0 Å². The number of unbranched alkanes of at least 4 members (excludes halogenated alkanes) is 1. The Kier molecular flexibility index (Phi) is 5.29. The number of hydrogen-bond donors (Lipinski definition) is 0. The molecule has 0 bridgehead atoms. The molecule has 1 heteroatoms. The zero-order chi connectivity index (χ0) is 8.81. The molecule has 0 nitrogen and oxygen atoms in total. The third-order valence-electron chi connectivity index (χ3n) is 3.19. The molecule has 0 aromatic heterocycles. The third kappa shape index (κ3) is 3.08. The molecule has 0 heterocycles. The lowest BCUT2D eigenvalue weighted by Gasteiger charge is -2.20. The lowest BCUT2D eigenvalue weighted by atomic mass is 9.88. The molecule has 0 amide bonds. The lowest BCUT2D eigenvalue weighted by molar-refractivity contribution is 0.345. The fourth-order valence-electron chi connectivity index (χ4n) is 2.33. The largest absolute Gasteiger partial charge is 0.0925 e. The quantitative estimate of drug-likeness (QED) is 0.618. The Hall–Kier alpha value is 0.480. The Labute approximate surface area is 85.3 Å². The van der Waals surface area contributed by atoms with Crippen molar-refractivity contribution in [3.8, 4) is 0 Å². The number of hydrogen-bond acceptors (Lipinski definition) is 0. The van der Waals surface area contributed by atoms with Gasteiger partial charge < -0.3 is 0 Å². The van der Waals surface area contributed by atoms with Crippen LogP contribution < -0.4 is 0 Å². The van der Waals surface area contributed by atoms with Crippen molar-refractivity contribution in [3.63, 3.8) is 0 Å². The minimum Gasteiger partial charge on any atom is -0.0925 e. The highest BCUT2D eigenvalue weighted by atomic mass is 79.9. The van der Waals surface area contributed by atoms with Crippen molar-refractivity contribution in [2.24, 2.45) is 11.8 Å². The maximum Gasteiger partial charge on any atom is 0.00623 e. The molecule has 0 aromatic carbocycles. The highest BCUT2D eigenvalue weighted by Crippen LogP contribution is 2.34. The normalized spacial score (nSPS) is 21.5. The summed E-state index contributed by atoms with van der Waals surface area (Å²) < 4.78 is 0. The van der Waals surface area contributed by atoms with Gasteiger partial charge in [-0.3, -0.25) is 0 Å². The van der Waals surface area contributed by atoms with Gasteiger partial charge >= 0.3 is 0 Å². The molecule has 0 radical (unpaired) electrons. The molecular weight excluding hydrogens is 212 g/mol. The van der Waals surface area contributed by atoms with E-state index >= 15 is 0 Å². The van der Waals surface area contributed by atoms with Crippen LogP contribution in [-0.2, 0) is 0 Å². The van der Waals surface area contributed by atoms with Gasteiger partial charge in [0.2, 0.25) is 0 Å². The van der Waals surface area contributed by atoms with Crippen LogP contribution in [0.5, 0.6) is 0 Å². The van der Waals surface area contributed by atoms with Crippen LogP contribution in [0.2, 0.25) is 0 Å². The van der Waals surface area contributed by atoms with Gasteiger partial charge in [0.25, 0.3) is 0 Å². The first-order valence-corrected chi connectivity index (χ1v) is 6.56. The monoisotopic (exact) mass is 232 g/mol. The van der Waals surface area contributed by atoms with Crippen LogP contribution in [0.25, 0.3) is 0 Å². The van der Waals surface area contributed by atoms with E-state index in [1.807, 2.05) is 0 Å². The Morgan fingerprint density at radius 2 is 2.00 bits per heavy atom. The van der Waals surface area contributed by atoms with Crippen molar-refractivity contribution in [2.45, 2.75) is 51.9 Å². The smallest absolute Gasteiger partial charge is 0.00623 e. The van der Waals surface area contributed by atoms with Crippen LogP contribution in [-0.4, -0.2) is 5.33 Å². The van der Waals surface area contributed by atoms with E-state index in [0.29, 0.717) is 0 Å². The van der Waals surface area contributed by atoms with Gasteiger partial charge in [-0.05, 0) is 18.3 Å². The summed E-state index contributed by atoms with van der Waals surface area (Å²) >= 11 is 3.66. The molecule has 1 aliphatic carbocycles. The lowest BCUT2D eigenvalue weighted by Crippen LogP contribution is -2.12. The first-order valence-electron chi connectivity index (χ1n) is 5.44. The van der Waals surface area contributed by atoms with E-state index in [4.69, 9.17) is 0 Å². The van der Waals surface area contributed by atoms with Gasteiger partial charge in [-0.25, -0.2) is 0 Å². The van der Waals surface area contributed by atoms with Gasteiger partial charge in [0.05, 0.1) is 0 Å². The highest BCUT2D eigenvalue weighted by molar-refractivity contribution is 9.09. The molecule has 0 aliphatic heterocycles. The van der Waals surface area contributed by atoms with Crippen LogP contribution in [0.15, 0.2) is 0 Å². The summed E-state index contributed by atoms with van der Waals surface area (Å²) in [6.07, 6.45) is 10.2.